The summed E-state index contributed by atoms with van der Waals surface area (Å²) in [5.74, 6) is 1.45. The highest BCUT2D eigenvalue weighted by Gasteiger charge is 2.08. The lowest BCUT2D eigenvalue weighted by Crippen LogP contribution is -2.02. The Morgan fingerprint density at radius 3 is 1.58 bits per heavy atom. The Morgan fingerprint density at radius 1 is 0.789 bits per heavy atom. The molecule has 0 aliphatic rings. The van der Waals surface area contributed by atoms with Gasteiger partial charge in [0.15, 0.2) is 0 Å². The fourth-order valence-electron chi connectivity index (χ4n) is 1.77. The maximum Gasteiger partial charge on any atom is 0.132 e. The van der Waals surface area contributed by atoms with Crippen LogP contribution in [0.1, 0.15) is 11.1 Å². The van der Waals surface area contributed by atoms with E-state index >= 15 is 0 Å². The van der Waals surface area contributed by atoms with E-state index in [0.29, 0.717) is 13.1 Å². The zero-order valence-corrected chi connectivity index (χ0v) is 12.1. The van der Waals surface area contributed by atoms with Gasteiger partial charge in [0, 0.05) is 34.0 Å². The van der Waals surface area contributed by atoms with Crippen molar-refractivity contribution in [2.75, 3.05) is 0 Å². The summed E-state index contributed by atoms with van der Waals surface area (Å²) in [7, 11) is 0. The van der Waals surface area contributed by atoms with Gasteiger partial charge < -0.3 is 16.2 Å². The molecule has 0 amide bonds. The average molecular weight is 292 g/mol. The topological polar surface area (TPSA) is 61.3 Å². The molecule has 0 saturated heterocycles. The molecule has 0 atom stereocenters. The van der Waals surface area contributed by atoms with E-state index in [2.05, 4.69) is 25.3 Å². The fraction of sp³-hybridized carbons (Fsp3) is 0.143. The van der Waals surface area contributed by atoms with Gasteiger partial charge in [-0.2, -0.15) is 0 Å². The van der Waals surface area contributed by atoms with Crippen molar-refractivity contribution >= 4 is 25.3 Å². The van der Waals surface area contributed by atoms with E-state index < -0.39 is 0 Å². The first kappa shape index (κ1) is 14.3. The molecule has 2 aromatic rings. The standard InChI is InChI=1S/C14H16N2OS2/c15-7-9-5-11(18)1-3-13(9)17-14-4-2-12(19)6-10(14)8-16/h1-6,18-19H,7-8,15-16H2. The molecular formula is C14H16N2OS2. The second-order valence-electron chi connectivity index (χ2n) is 4.09. The Balaban J connectivity index is 2.36. The molecule has 0 aliphatic heterocycles. The molecule has 0 spiro atoms. The van der Waals surface area contributed by atoms with Gasteiger partial charge in [0.2, 0.25) is 0 Å². The first-order valence-electron chi connectivity index (χ1n) is 5.86. The molecule has 100 valence electrons. The van der Waals surface area contributed by atoms with Crippen LogP contribution in [0.25, 0.3) is 0 Å². The lowest BCUT2D eigenvalue weighted by molar-refractivity contribution is 0.469. The van der Waals surface area contributed by atoms with Gasteiger partial charge in [-0.1, -0.05) is 0 Å². The summed E-state index contributed by atoms with van der Waals surface area (Å²) in [6.45, 7) is 0.790. The van der Waals surface area contributed by atoms with Crippen LogP contribution in [-0.2, 0) is 13.1 Å². The van der Waals surface area contributed by atoms with Crippen LogP contribution in [0.3, 0.4) is 0 Å². The molecule has 0 aromatic heterocycles. The van der Waals surface area contributed by atoms with Crippen molar-refractivity contribution in [2.24, 2.45) is 11.5 Å². The highest BCUT2D eigenvalue weighted by molar-refractivity contribution is 7.80. The molecular weight excluding hydrogens is 276 g/mol. The van der Waals surface area contributed by atoms with Gasteiger partial charge in [-0.25, -0.2) is 0 Å². The minimum absolute atomic E-state index is 0.395. The third-order valence-electron chi connectivity index (χ3n) is 2.75. The van der Waals surface area contributed by atoms with Crippen LogP contribution in [0.5, 0.6) is 11.5 Å². The van der Waals surface area contributed by atoms with Crippen LogP contribution in [0, 0.1) is 0 Å². The van der Waals surface area contributed by atoms with Gasteiger partial charge in [-0.15, -0.1) is 25.3 Å². The Kier molecular flexibility index (Phi) is 4.76. The van der Waals surface area contributed by atoms with Gasteiger partial charge >= 0.3 is 0 Å². The molecule has 19 heavy (non-hydrogen) atoms. The van der Waals surface area contributed by atoms with Crippen molar-refractivity contribution in [1.29, 1.82) is 0 Å². The molecule has 0 radical (unpaired) electrons. The predicted molar refractivity (Wildman–Crippen MR) is 83.2 cm³/mol. The monoisotopic (exact) mass is 292 g/mol. The Labute approximate surface area is 123 Å². The van der Waals surface area contributed by atoms with Crippen LogP contribution in [0.4, 0.5) is 0 Å². The molecule has 0 heterocycles. The van der Waals surface area contributed by atoms with Crippen molar-refractivity contribution in [2.45, 2.75) is 22.9 Å². The van der Waals surface area contributed by atoms with Crippen LogP contribution in [0.15, 0.2) is 46.2 Å². The van der Waals surface area contributed by atoms with Crippen molar-refractivity contribution in [3.63, 3.8) is 0 Å². The van der Waals surface area contributed by atoms with Crippen molar-refractivity contribution in [3.05, 3.63) is 47.5 Å². The number of nitrogens with two attached hydrogens (primary N) is 2. The molecule has 0 fully saturated rings. The lowest BCUT2D eigenvalue weighted by Gasteiger charge is -2.13. The molecule has 3 nitrogen and oxygen atoms in total. The average Bonchev–Trinajstić information content (AvgIpc) is 2.42. The molecule has 5 heteroatoms. The van der Waals surface area contributed by atoms with E-state index in [-0.39, 0.29) is 0 Å². The van der Waals surface area contributed by atoms with Gasteiger partial charge in [-0.3, -0.25) is 0 Å². The smallest absolute Gasteiger partial charge is 0.132 e. The molecule has 0 bridgehead atoms. The zero-order chi connectivity index (χ0) is 13.8. The van der Waals surface area contributed by atoms with E-state index in [0.717, 1.165) is 32.4 Å². The minimum Gasteiger partial charge on any atom is -0.457 e. The van der Waals surface area contributed by atoms with E-state index in [1.54, 1.807) is 0 Å². The van der Waals surface area contributed by atoms with Gasteiger partial charge in [0.1, 0.15) is 11.5 Å². The highest BCUT2D eigenvalue weighted by atomic mass is 32.1. The fourth-order valence-corrected chi connectivity index (χ4v) is 2.23. The van der Waals surface area contributed by atoms with Gasteiger partial charge in [0.05, 0.1) is 0 Å². The quantitative estimate of drug-likeness (QED) is 0.655. The zero-order valence-electron chi connectivity index (χ0n) is 10.3. The van der Waals surface area contributed by atoms with E-state index in [4.69, 9.17) is 16.2 Å². The van der Waals surface area contributed by atoms with Crippen LogP contribution < -0.4 is 16.2 Å². The molecule has 0 saturated carbocycles. The third kappa shape index (κ3) is 3.45. The first-order chi connectivity index (χ1) is 9.13. The van der Waals surface area contributed by atoms with Gasteiger partial charge in [-0.05, 0) is 36.4 Å². The lowest BCUT2D eigenvalue weighted by atomic mass is 10.2. The van der Waals surface area contributed by atoms with Gasteiger partial charge in [0.25, 0.3) is 0 Å². The highest BCUT2D eigenvalue weighted by Crippen LogP contribution is 2.30. The Hall–Kier alpha value is -1.14. The second-order valence-corrected chi connectivity index (χ2v) is 5.13. The summed E-state index contributed by atoms with van der Waals surface area (Å²) in [6.07, 6.45) is 0. The van der Waals surface area contributed by atoms with Crippen molar-refractivity contribution < 1.29 is 4.74 Å². The number of rotatable bonds is 4. The predicted octanol–water partition coefficient (Wildman–Crippen LogP) is 2.97. The Morgan fingerprint density at radius 2 is 1.21 bits per heavy atom. The van der Waals surface area contributed by atoms with Crippen LogP contribution in [-0.4, -0.2) is 0 Å². The normalized spacial score (nSPS) is 10.5. The van der Waals surface area contributed by atoms with Crippen molar-refractivity contribution in [3.8, 4) is 11.5 Å². The van der Waals surface area contributed by atoms with E-state index in [9.17, 15) is 0 Å². The minimum atomic E-state index is 0.395. The van der Waals surface area contributed by atoms with Crippen LogP contribution >= 0.6 is 25.3 Å². The summed E-state index contributed by atoms with van der Waals surface area (Å²) < 4.78 is 5.90. The molecule has 0 aliphatic carbocycles. The van der Waals surface area contributed by atoms with E-state index in [1.807, 2.05) is 36.4 Å². The number of benzene rings is 2. The summed E-state index contributed by atoms with van der Waals surface area (Å²) in [5, 5.41) is 0. The van der Waals surface area contributed by atoms with E-state index in [1.165, 1.54) is 0 Å². The number of hydrogen-bond donors (Lipinski definition) is 4. The number of hydrogen-bond acceptors (Lipinski definition) is 5. The summed E-state index contributed by atoms with van der Waals surface area (Å²) in [4.78, 5) is 1.72. The number of thiol groups is 2. The third-order valence-corrected chi connectivity index (χ3v) is 3.30. The maximum atomic E-state index is 5.90. The molecule has 4 N–H and O–H groups in total. The summed E-state index contributed by atoms with van der Waals surface area (Å²) in [5.41, 5.74) is 13.2. The molecule has 0 unspecified atom stereocenters. The SMILES string of the molecule is NCc1cc(S)ccc1Oc1ccc(S)cc1CN. The first-order valence-corrected chi connectivity index (χ1v) is 6.75. The molecule has 2 rings (SSSR count). The van der Waals surface area contributed by atoms with Crippen LogP contribution in [0.2, 0.25) is 0 Å². The molecule has 2 aromatic carbocycles. The Bertz CT molecular complexity index is 536. The van der Waals surface area contributed by atoms with Crippen molar-refractivity contribution in [1.82, 2.24) is 0 Å². The largest absolute Gasteiger partial charge is 0.457 e. The second kappa shape index (κ2) is 6.34. The number of ether oxygens (including phenoxy) is 1. The summed E-state index contributed by atoms with van der Waals surface area (Å²) >= 11 is 8.58. The maximum absolute atomic E-state index is 5.90. The summed E-state index contributed by atoms with van der Waals surface area (Å²) in [6, 6.07) is 11.2.